The van der Waals surface area contributed by atoms with Gasteiger partial charge in [0.1, 0.15) is 12.2 Å². The van der Waals surface area contributed by atoms with E-state index in [1.165, 1.54) is 5.56 Å². The molecule has 1 aliphatic heterocycles. The molecule has 1 heterocycles. The van der Waals surface area contributed by atoms with Crippen LogP contribution in [0.4, 0.5) is 5.69 Å². The Kier molecular flexibility index (Phi) is 5.33. The molecule has 2 aromatic rings. The monoisotopic (exact) mass is 413 g/mol. The van der Waals surface area contributed by atoms with Crippen LogP contribution in [0.15, 0.2) is 54.6 Å². The number of ether oxygens (including phenoxy) is 1. The van der Waals surface area contributed by atoms with E-state index in [0.29, 0.717) is 18.4 Å². The Bertz CT molecular complexity index is 564. The highest BCUT2D eigenvalue weighted by Gasteiger charge is 2.29. The van der Waals surface area contributed by atoms with Crippen molar-refractivity contribution in [2.24, 2.45) is 0 Å². The maximum Gasteiger partial charge on any atom is 0.137 e. The third kappa shape index (κ3) is 3.87. The molecule has 3 nitrogen and oxygen atoms in total. The van der Waals surface area contributed by atoms with Crippen LogP contribution in [-0.4, -0.2) is 19.3 Å². The number of nitrogens with one attached hydrogen (secondary N) is 1. The van der Waals surface area contributed by atoms with E-state index in [9.17, 15) is 0 Å². The fourth-order valence-electron chi connectivity index (χ4n) is 2.60. The maximum atomic E-state index is 5.68. The summed E-state index contributed by atoms with van der Waals surface area (Å²) >= 11 is 2.23. The van der Waals surface area contributed by atoms with Crippen LogP contribution in [-0.2, 0) is 4.74 Å². The fourth-order valence-corrected chi connectivity index (χ4v) is 3.59. The van der Waals surface area contributed by atoms with Crippen LogP contribution in [0.5, 0.6) is 5.75 Å². The largest absolute Gasteiger partial charge is 0.467 e. The maximum absolute atomic E-state index is 5.68. The average Bonchev–Trinajstić information content (AvgIpc) is 2.98. The zero-order valence-electron chi connectivity index (χ0n) is 11.5. The zero-order valence-corrected chi connectivity index (χ0v) is 14.6. The minimum absolute atomic E-state index is 0.311. The lowest BCUT2D eigenvalue weighted by atomic mass is 9.94. The van der Waals surface area contributed by atoms with E-state index in [-0.39, 0.29) is 0 Å². The quantitative estimate of drug-likeness (QED) is 0.574. The van der Waals surface area contributed by atoms with Crippen molar-refractivity contribution in [3.8, 4) is 5.75 Å². The highest BCUT2D eigenvalue weighted by atomic mass is 127. The first kappa shape index (κ1) is 15.1. The molecule has 0 amide bonds. The first-order valence-electron chi connectivity index (χ1n) is 6.88. The molecule has 0 aromatic heterocycles. The summed E-state index contributed by atoms with van der Waals surface area (Å²) in [4.78, 5) is 0. The second-order valence-electron chi connectivity index (χ2n) is 5.01. The number of anilines is 1. The van der Waals surface area contributed by atoms with E-state index in [4.69, 9.17) is 9.26 Å². The van der Waals surface area contributed by atoms with E-state index in [1.54, 1.807) is 0 Å². The average molecular weight is 413 g/mol. The first-order chi connectivity index (χ1) is 10.4. The highest BCUT2D eigenvalue weighted by Crippen LogP contribution is 2.31. The summed E-state index contributed by atoms with van der Waals surface area (Å²) in [6.45, 7) is 1.95. The molecule has 0 spiro atoms. The molecule has 5 heteroatoms. The van der Waals surface area contributed by atoms with Gasteiger partial charge in [-0.05, 0) is 51.9 Å². The molecule has 3 atom stereocenters. The molecule has 21 heavy (non-hydrogen) atoms. The molecule has 110 valence electrons. The Morgan fingerprint density at radius 2 is 1.81 bits per heavy atom. The number of benzene rings is 2. The Morgan fingerprint density at radius 3 is 2.52 bits per heavy atom. The van der Waals surface area contributed by atoms with E-state index in [2.05, 4.69) is 51.6 Å². The van der Waals surface area contributed by atoms with Crippen molar-refractivity contribution in [1.82, 2.24) is 0 Å². The summed E-state index contributed by atoms with van der Waals surface area (Å²) in [6.07, 6.45) is 0. The molecule has 0 radical (unpaired) electrons. The van der Waals surface area contributed by atoms with Crippen molar-refractivity contribution in [2.75, 3.05) is 18.5 Å². The van der Waals surface area contributed by atoms with Crippen molar-refractivity contribution in [2.45, 2.75) is 12.0 Å². The molecule has 1 N–H and O–H groups in total. The Labute approximate surface area is 139 Å². The van der Waals surface area contributed by atoms with Crippen LogP contribution in [0.2, 0.25) is 0 Å². The van der Waals surface area contributed by atoms with Gasteiger partial charge in [0.2, 0.25) is 0 Å². The fraction of sp³-hybridized carbons (Fsp3) is 0.250. The van der Waals surface area contributed by atoms with Gasteiger partial charge in [0.05, 0.1) is 19.3 Å². The highest BCUT2D eigenvalue weighted by molar-refractivity contribution is 14.2. The molecule has 1 fully saturated rings. The normalized spacial score (nSPS) is 21.8. The number of hydrogen-bond donors (Lipinski definition) is 1. The van der Waals surface area contributed by atoms with E-state index < -0.39 is 0 Å². The lowest BCUT2D eigenvalue weighted by Crippen LogP contribution is -2.26. The minimum atomic E-state index is 0.311. The van der Waals surface area contributed by atoms with E-state index >= 15 is 0 Å². The molecule has 0 saturated carbocycles. The van der Waals surface area contributed by atoms with E-state index in [0.717, 1.165) is 24.7 Å². The van der Waals surface area contributed by atoms with Crippen LogP contribution >= 0.6 is 28.5 Å². The van der Waals surface area contributed by atoms with Crippen molar-refractivity contribution in [3.05, 3.63) is 60.2 Å². The summed E-state index contributed by atoms with van der Waals surface area (Å²) in [7, 11) is 0. The SMILES string of the molecule is IPOc1ccc([C@@H]2COC[C@@H]2Nc2ccccc2)cc1. The van der Waals surface area contributed by atoms with Crippen LogP contribution in [0.25, 0.3) is 0 Å². The van der Waals surface area contributed by atoms with Crippen LogP contribution in [0.1, 0.15) is 11.5 Å². The smallest absolute Gasteiger partial charge is 0.137 e. The van der Waals surface area contributed by atoms with Gasteiger partial charge < -0.3 is 14.6 Å². The second-order valence-corrected chi connectivity index (χ2v) is 6.69. The molecule has 1 aliphatic rings. The number of rotatable bonds is 5. The summed E-state index contributed by atoms with van der Waals surface area (Å²) < 4.78 is 11.2. The minimum Gasteiger partial charge on any atom is -0.467 e. The molecular formula is C16H17INO2P. The molecule has 2 aromatic carbocycles. The van der Waals surface area contributed by atoms with Crippen LogP contribution in [0, 0.1) is 0 Å². The molecular weight excluding hydrogens is 396 g/mol. The third-order valence-electron chi connectivity index (χ3n) is 3.67. The van der Waals surface area contributed by atoms with Gasteiger partial charge in [-0.2, -0.15) is 0 Å². The van der Waals surface area contributed by atoms with Gasteiger partial charge in [0, 0.05) is 11.6 Å². The van der Waals surface area contributed by atoms with Crippen molar-refractivity contribution >= 4 is 34.2 Å². The van der Waals surface area contributed by atoms with Crippen molar-refractivity contribution in [1.29, 1.82) is 0 Å². The molecule has 0 bridgehead atoms. The zero-order chi connectivity index (χ0) is 14.5. The van der Waals surface area contributed by atoms with Crippen LogP contribution in [0.3, 0.4) is 0 Å². The van der Waals surface area contributed by atoms with Gasteiger partial charge in [0.15, 0.2) is 0 Å². The van der Waals surface area contributed by atoms with Gasteiger partial charge in [-0.3, -0.25) is 0 Å². The van der Waals surface area contributed by atoms with Gasteiger partial charge in [-0.25, -0.2) is 0 Å². The van der Waals surface area contributed by atoms with Crippen molar-refractivity contribution < 1.29 is 9.26 Å². The van der Waals surface area contributed by atoms with Crippen molar-refractivity contribution in [3.63, 3.8) is 0 Å². The number of halogens is 1. The molecule has 0 aliphatic carbocycles. The summed E-state index contributed by atoms with van der Waals surface area (Å²) in [5, 5.41) is 3.57. The third-order valence-corrected chi connectivity index (χ3v) is 4.64. The molecule has 1 unspecified atom stereocenters. The predicted octanol–water partition coefficient (Wildman–Crippen LogP) is 4.60. The Balaban J connectivity index is 1.71. The Hall–Kier alpha value is -0.840. The van der Waals surface area contributed by atoms with Gasteiger partial charge >= 0.3 is 0 Å². The number of para-hydroxylation sites is 1. The summed E-state index contributed by atoms with van der Waals surface area (Å²) in [5.74, 6) is 1.30. The molecule has 1 saturated heterocycles. The first-order valence-corrected chi connectivity index (χ1v) is 10.9. The predicted molar refractivity (Wildman–Crippen MR) is 96.8 cm³/mol. The summed E-state index contributed by atoms with van der Waals surface area (Å²) in [6, 6.07) is 19.0. The topological polar surface area (TPSA) is 30.5 Å². The number of hydrogen-bond acceptors (Lipinski definition) is 3. The Morgan fingerprint density at radius 1 is 1.05 bits per heavy atom. The van der Waals surface area contributed by atoms with Gasteiger partial charge in [-0.15, -0.1) is 0 Å². The molecule has 3 rings (SSSR count). The summed E-state index contributed by atoms with van der Waals surface area (Å²) in [5.41, 5.74) is 2.44. The lowest BCUT2D eigenvalue weighted by Gasteiger charge is -2.20. The van der Waals surface area contributed by atoms with E-state index in [1.807, 2.05) is 30.3 Å². The van der Waals surface area contributed by atoms with Gasteiger partial charge in [-0.1, -0.05) is 30.3 Å². The lowest BCUT2D eigenvalue weighted by molar-refractivity contribution is 0.192. The standard InChI is InChI=1S/C16H17INO2P/c17-21-20-14-8-6-12(7-9-14)15-10-19-11-16(15)18-13-4-2-1-3-5-13/h1-9,15-16,18,21H,10-11H2/t15-,16-/m0/s1. The van der Waals surface area contributed by atoms with Gasteiger partial charge in [0.25, 0.3) is 0 Å². The second kappa shape index (κ2) is 7.43. The van der Waals surface area contributed by atoms with Crippen LogP contribution < -0.4 is 9.84 Å².